The summed E-state index contributed by atoms with van der Waals surface area (Å²) in [6.45, 7) is 2.57. The zero-order chi connectivity index (χ0) is 17.1. The molecule has 0 radical (unpaired) electrons. The monoisotopic (exact) mass is 344 g/mol. The van der Waals surface area contributed by atoms with E-state index >= 15 is 0 Å². The van der Waals surface area contributed by atoms with Crippen LogP contribution in [0.4, 0.5) is 0 Å². The molecule has 1 aliphatic heterocycles. The first-order valence-corrected chi connectivity index (χ1v) is 11.1. The number of rotatable bonds is 7. The van der Waals surface area contributed by atoms with Crippen LogP contribution < -0.4 is 4.57 Å². The molecule has 0 spiro atoms. The van der Waals surface area contributed by atoms with Crippen LogP contribution in [-0.2, 0) is 13.6 Å². The average Bonchev–Trinajstić information content (AvgIpc) is 3.20. The second-order valence-electron chi connectivity index (χ2n) is 9.00. The highest BCUT2D eigenvalue weighted by atomic mass is 15.2. The predicted octanol–water partition coefficient (Wildman–Crippen LogP) is 4.31. The summed E-state index contributed by atoms with van der Waals surface area (Å²) < 4.78 is 4.45. The molecule has 0 N–H and O–H groups in total. The molecule has 0 aromatic carbocycles. The first-order chi connectivity index (χ1) is 12.3. The van der Waals surface area contributed by atoms with Gasteiger partial charge in [0.25, 0.3) is 0 Å². The summed E-state index contributed by atoms with van der Waals surface area (Å²) in [4.78, 5) is 3.01. The number of aromatic nitrogens is 2. The third-order valence-electron chi connectivity index (χ3n) is 7.37. The van der Waals surface area contributed by atoms with E-state index in [4.69, 9.17) is 0 Å². The van der Waals surface area contributed by atoms with Gasteiger partial charge in [0, 0.05) is 12.1 Å². The lowest BCUT2D eigenvalue weighted by molar-refractivity contribution is -0.671. The molecule has 3 fully saturated rings. The largest absolute Gasteiger partial charge is 0.297 e. The Hall–Kier alpha value is -0.830. The Kier molecular flexibility index (Phi) is 5.80. The number of aryl methyl sites for hydroxylation is 2. The van der Waals surface area contributed by atoms with Gasteiger partial charge in [-0.3, -0.25) is 4.90 Å². The van der Waals surface area contributed by atoms with Crippen LogP contribution in [0.25, 0.3) is 0 Å². The van der Waals surface area contributed by atoms with Crippen molar-refractivity contribution >= 4 is 0 Å². The zero-order valence-corrected chi connectivity index (χ0v) is 16.3. The molecule has 4 atom stereocenters. The third kappa shape index (κ3) is 3.97. The minimum Gasteiger partial charge on any atom is -0.297 e. The van der Waals surface area contributed by atoms with Crippen molar-refractivity contribution in [3.8, 4) is 0 Å². The lowest BCUT2D eigenvalue weighted by Crippen LogP contribution is -2.40. The molecule has 3 aliphatic rings. The number of fused-ring (bicyclic) bond motifs is 3. The molecule has 3 nitrogen and oxygen atoms in total. The summed E-state index contributed by atoms with van der Waals surface area (Å²) in [7, 11) is 2.10. The van der Waals surface area contributed by atoms with Gasteiger partial charge in [-0.15, -0.1) is 0 Å². The highest BCUT2D eigenvalue weighted by molar-refractivity contribution is 5.02. The minimum absolute atomic E-state index is 0.960. The molecule has 2 saturated carbocycles. The number of hydrogen-bond acceptors (Lipinski definition) is 1. The van der Waals surface area contributed by atoms with Gasteiger partial charge in [-0.2, -0.15) is 0 Å². The van der Waals surface area contributed by atoms with Crippen molar-refractivity contribution in [2.24, 2.45) is 18.9 Å². The van der Waals surface area contributed by atoms with E-state index in [1.54, 1.807) is 0 Å². The van der Waals surface area contributed by atoms with Crippen molar-refractivity contribution in [1.82, 2.24) is 9.47 Å². The minimum atomic E-state index is 0.960. The van der Waals surface area contributed by atoms with E-state index < -0.39 is 0 Å². The second kappa shape index (κ2) is 8.24. The van der Waals surface area contributed by atoms with Gasteiger partial charge in [0.2, 0.25) is 6.33 Å². The summed E-state index contributed by atoms with van der Waals surface area (Å²) in [5.41, 5.74) is 0. The quantitative estimate of drug-likeness (QED) is 0.530. The maximum atomic E-state index is 3.01. The van der Waals surface area contributed by atoms with Crippen LogP contribution in [0.15, 0.2) is 18.7 Å². The predicted molar refractivity (Wildman–Crippen MR) is 102 cm³/mol. The summed E-state index contributed by atoms with van der Waals surface area (Å²) >= 11 is 0. The fourth-order valence-electron chi connectivity index (χ4n) is 6.26. The molecule has 1 saturated heterocycles. The highest BCUT2D eigenvalue weighted by Gasteiger charge is 2.48. The van der Waals surface area contributed by atoms with Crippen LogP contribution in [0.3, 0.4) is 0 Å². The Labute approximate surface area is 154 Å². The SMILES string of the molecule is C[n+]1ccn(CCCCCCN2C3CCCCC3C3CCCCC32)c1. The van der Waals surface area contributed by atoms with Gasteiger partial charge in [-0.05, 0) is 63.3 Å². The van der Waals surface area contributed by atoms with E-state index in [0.717, 1.165) is 23.9 Å². The zero-order valence-electron chi connectivity index (χ0n) is 16.3. The van der Waals surface area contributed by atoms with E-state index in [2.05, 4.69) is 39.8 Å². The Morgan fingerprint density at radius 3 is 2.00 bits per heavy atom. The number of hydrogen-bond donors (Lipinski definition) is 0. The van der Waals surface area contributed by atoms with Crippen molar-refractivity contribution in [3.05, 3.63) is 18.7 Å². The van der Waals surface area contributed by atoms with E-state index in [9.17, 15) is 0 Å². The van der Waals surface area contributed by atoms with Gasteiger partial charge in [0.15, 0.2) is 0 Å². The average molecular weight is 345 g/mol. The van der Waals surface area contributed by atoms with Gasteiger partial charge in [0.05, 0.1) is 13.6 Å². The van der Waals surface area contributed by atoms with Crippen LogP contribution in [0.1, 0.15) is 77.0 Å². The third-order valence-corrected chi connectivity index (χ3v) is 7.37. The van der Waals surface area contributed by atoms with Gasteiger partial charge < -0.3 is 0 Å². The lowest BCUT2D eigenvalue weighted by Gasteiger charge is -2.34. The summed E-state index contributed by atoms with van der Waals surface area (Å²) in [6, 6.07) is 1.92. The molecule has 1 aromatic rings. The van der Waals surface area contributed by atoms with Crippen molar-refractivity contribution in [2.45, 2.75) is 95.7 Å². The Morgan fingerprint density at radius 1 is 0.800 bits per heavy atom. The highest BCUT2D eigenvalue weighted by Crippen LogP contribution is 2.49. The summed E-state index contributed by atoms with van der Waals surface area (Å²) in [5, 5.41) is 0. The maximum Gasteiger partial charge on any atom is 0.243 e. The first kappa shape index (κ1) is 17.6. The van der Waals surface area contributed by atoms with Crippen molar-refractivity contribution in [1.29, 1.82) is 0 Å². The molecule has 25 heavy (non-hydrogen) atoms. The molecule has 140 valence electrons. The molecule has 2 heterocycles. The van der Waals surface area contributed by atoms with Gasteiger partial charge in [-0.1, -0.05) is 32.1 Å². The molecular weight excluding hydrogens is 306 g/mol. The van der Waals surface area contributed by atoms with Crippen LogP contribution in [0.2, 0.25) is 0 Å². The van der Waals surface area contributed by atoms with Crippen LogP contribution in [0.5, 0.6) is 0 Å². The van der Waals surface area contributed by atoms with E-state index in [1.807, 2.05) is 0 Å². The fourth-order valence-corrected chi connectivity index (χ4v) is 6.26. The molecule has 0 amide bonds. The topological polar surface area (TPSA) is 12.0 Å². The van der Waals surface area contributed by atoms with Crippen molar-refractivity contribution in [3.63, 3.8) is 0 Å². The number of nitrogens with zero attached hydrogens (tertiary/aromatic N) is 3. The normalized spacial score (nSPS) is 32.5. The van der Waals surface area contributed by atoms with Crippen molar-refractivity contribution < 1.29 is 4.57 Å². The van der Waals surface area contributed by atoms with Crippen LogP contribution >= 0.6 is 0 Å². The fraction of sp³-hybridized carbons (Fsp3) is 0.864. The molecule has 2 aliphatic carbocycles. The van der Waals surface area contributed by atoms with E-state index in [0.29, 0.717) is 0 Å². The molecular formula is C22H38N3+. The second-order valence-corrected chi connectivity index (χ2v) is 9.00. The Bertz CT molecular complexity index is 515. The smallest absolute Gasteiger partial charge is 0.243 e. The Morgan fingerprint density at radius 2 is 1.40 bits per heavy atom. The van der Waals surface area contributed by atoms with Crippen LogP contribution in [0, 0.1) is 11.8 Å². The maximum absolute atomic E-state index is 3.01. The van der Waals surface area contributed by atoms with Gasteiger partial charge in [-0.25, -0.2) is 9.13 Å². The molecule has 1 aromatic heterocycles. The number of unbranched alkanes of at least 4 members (excludes halogenated alkanes) is 3. The first-order valence-electron chi connectivity index (χ1n) is 11.1. The van der Waals surface area contributed by atoms with Crippen LogP contribution in [-0.4, -0.2) is 28.1 Å². The molecule has 4 unspecified atom stereocenters. The lowest BCUT2D eigenvalue weighted by atomic mass is 9.73. The Balaban J connectivity index is 1.21. The number of likely N-dealkylation sites (tertiary alicyclic amines) is 1. The van der Waals surface area contributed by atoms with Gasteiger partial charge in [0.1, 0.15) is 12.4 Å². The van der Waals surface area contributed by atoms with Crippen molar-refractivity contribution in [2.75, 3.05) is 6.54 Å². The summed E-state index contributed by atoms with van der Waals surface area (Å²) in [5.74, 6) is 2.13. The molecule has 4 rings (SSSR count). The molecule has 0 bridgehead atoms. The van der Waals surface area contributed by atoms with E-state index in [1.165, 1.54) is 90.1 Å². The summed E-state index contributed by atoms with van der Waals surface area (Å²) in [6.07, 6.45) is 24.1. The van der Waals surface area contributed by atoms with E-state index in [-0.39, 0.29) is 0 Å². The standard InChI is InChI=1S/C22H38N3/c1-23-16-17-24(18-23)14-8-2-3-9-15-25-21-12-6-4-10-19(21)20-11-5-7-13-22(20)25/h16-22H,2-15H2,1H3/q+1. The number of imidazole rings is 1. The molecule has 3 heteroatoms. The van der Waals surface area contributed by atoms with Gasteiger partial charge >= 0.3 is 0 Å².